The normalized spacial score (nSPS) is 13.5. The molecule has 1 aliphatic carbocycles. The second kappa shape index (κ2) is 10.5. The molecule has 0 heterocycles. The van der Waals surface area contributed by atoms with Crippen molar-refractivity contribution in [1.29, 1.82) is 0 Å². The predicted octanol–water partition coefficient (Wildman–Crippen LogP) is 4.31. The summed E-state index contributed by atoms with van der Waals surface area (Å²) in [6.45, 7) is 5.34. The molecule has 33 heavy (non-hydrogen) atoms. The molecule has 0 bridgehead atoms. The number of nitrogens with one attached hydrogen (secondary N) is 2. The van der Waals surface area contributed by atoms with E-state index in [9.17, 15) is 14.4 Å². The van der Waals surface area contributed by atoms with Crippen molar-refractivity contribution < 1.29 is 24.2 Å². The van der Waals surface area contributed by atoms with Crippen LogP contribution in [0.1, 0.15) is 57.1 Å². The van der Waals surface area contributed by atoms with Crippen LogP contribution in [0, 0.1) is 5.41 Å². The van der Waals surface area contributed by atoms with E-state index in [1.54, 1.807) is 13.8 Å². The van der Waals surface area contributed by atoms with Gasteiger partial charge in [0, 0.05) is 24.9 Å². The molecule has 2 aromatic carbocycles. The molecule has 176 valence electrons. The summed E-state index contributed by atoms with van der Waals surface area (Å²) in [6, 6.07) is 16.2. The lowest BCUT2D eigenvalue weighted by Crippen LogP contribution is -2.39. The summed E-state index contributed by atoms with van der Waals surface area (Å²) >= 11 is 0. The van der Waals surface area contributed by atoms with Crippen LogP contribution >= 0.6 is 0 Å². The first-order valence-electron chi connectivity index (χ1n) is 11.3. The highest BCUT2D eigenvalue weighted by atomic mass is 16.5. The Balaban J connectivity index is 1.41. The van der Waals surface area contributed by atoms with E-state index in [1.807, 2.05) is 31.2 Å². The average molecular weight is 453 g/mol. The molecule has 1 atom stereocenters. The van der Waals surface area contributed by atoms with Gasteiger partial charge in [-0.2, -0.15) is 0 Å². The number of carboxylic acid groups (broad SMARTS) is 1. The maximum absolute atomic E-state index is 12.3. The number of carboxylic acids is 1. The fourth-order valence-corrected chi connectivity index (χ4v) is 3.97. The highest BCUT2D eigenvalue weighted by Crippen LogP contribution is 2.44. The van der Waals surface area contributed by atoms with E-state index in [1.165, 1.54) is 11.1 Å². The third-order valence-corrected chi connectivity index (χ3v) is 6.06. The van der Waals surface area contributed by atoms with E-state index >= 15 is 0 Å². The lowest BCUT2D eigenvalue weighted by Gasteiger charge is -2.19. The highest BCUT2D eigenvalue weighted by Gasteiger charge is 2.29. The fourth-order valence-electron chi connectivity index (χ4n) is 3.97. The number of hydrogen-bond acceptors (Lipinski definition) is 4. The van der Waals surface area contributed by atoms with Crippen LogP contribution in [0.2, 0.25) is 0 Å². The zero-order valence-corrected chi connectivity index (χ0v) is 19.4. The molecule has 2 amide bonds. The fraction of sp³-hybridized carbons (Fsp3) is 0.423. The molecule has 2 aromatic rings. The molecule has 0 radical (unpaired) electrons. The van der Waals surface area contributed by atoms with Gasteiger partial charge in [-0.15, -0.1) is 0 Å². The minimum Gasteiger partial charge on any atom is -0.481 e. The Labute approximate surface area is 194 Å². The summed E-state index contributed by atoms with van der Waals surface area (Å²) in [4.78, 5) is 35.4. The quantitative estimate of drug-likeness (QED) is 0.498. The number of ether oxygens (including phenoxy) is 1. The van der Waals surface area contributed by atoms with Gasteiger partial charge < -0.3 is 20.5 Å². The minimum atomic E-state index is -1.01. The van der Waals surface area contributed by atoms with Gasteiger partial charge in [0.2, 0.25) is 5.91 Å². The van der Waals surface area contributed by atoms with Crippen molar-refractivity contribution in [1.82, 2.24) is 10.6 Å². The Morgan fingerprint density at radius 2 is 1.61 bits per heavy atom. The van der Waals surface area contributed by atoms with Gasteiger partial charge in [0.1, 0.15) is 6.61 Å². The predicted molar refractivity (Wildman–Crippen MR) is 126 cm³/mol. The van der Waals surface area contributed by atoms with Gasteiger partial charge in [-0.1, -0.05) is 48.5 Å². The SMILES string of the molecule is CC(CCCC(=O)NCC(C)(C)C(=O)O)NC(=O)OCC1c2ccccc2-c2ccccc21. The first kappa shape index (κ1) is 24.3. The van der Waals surface area contributed by atoms with Crippen LogP contribution in [-0.4, -0.2) is 42.3 Å². The average Bonchev–Trinajstić information content (AvgIpc) is 3.10. The third kappa shape index (κ3) is 6.12. The lowest BCUT2D eigenvalue weighted by atomic mass is 9.94. The summed E-state index contributed by atoms with van der Waals surface area (Å²) in [5, 5.41) is 14.6. The van der Waals surface area contributed by atoms with Crippen molar-refractivity contribution in [3.8, 4) is 11.1 Å². The maximum atomic E-state index is 12.3. The number of aliphatic carboxylic acids is 1. The van der Waals surface area contributed by atoms with E-state index in [0.29, 0.717) is 12.8 Å². The molecule has 7 heteroatoms. The topological polar surface area (TPSA) is 105 Å². The molecule has 0 aliphatic heterocycles. The van der Waals surface area contributed by atoms with Crippen molar-refractivity contribution >= 4 is 18.0 Å². The summed E-state index contributed by atoms with van der Waals surface area (Å²) in [5.74, 6) is -1.14. The molecule has 0 aromatic heterocycles. The van der Waals surface area contributed by atoms with Gasteiger partial charge in [0.05, 0.1) is 5.41 Å². The molecule has 1 aliphatic rings. The van der Waals surface area contributed by atoms with Gasteiger partial charge in [-0.3, -0.25) is 9.59 Å². The number of fused-ring (bicyclic) bond motifs is 3. The van der Waals surface area contributed by atoms with Crippen molar-refractivity contribution in [2.75, 3.05) is 13.2 Å². The van der Waals surface area contributed by atoms with Gasteiger partial charge >= 0.3 is 12.1 Å². The molecule has 1 unspecified atom stereocenters. The van der Waals surface area contributed by atoms with E-state index in [4.69, 9.17) is 9.84 Å². The summed E-state index contributed by atoms with van der Waals surface area (Å²) in [7, 11) is 0. The molecular formula is C26H32N2O5. The zero-order valence-electron chi connectivity index (χ0n) is 19.4. The van der Waals surface area contributed by atoms with Crippen molar-refractivity contribution in [3.63, 3.8) is 0 Å². The number of carbonyl (C=O) groups is 3. The van der Waals surface area contributed by atoms with Crippen LogP contribution in [0.4, 0.5) is 4.79 Å². The number of carbonyl (C=O) groups excluding carboxylic acids is 2. The summed E-state index contributed by atoms with van der Waals surface area (Å²) < 4.78 is 5.55. The van der Waals surface area contributed by atoms with Crippen LogP contribution in [0.5, 0.6) is 0 Å². The molecule has 7 nitrogen and oxygen atoms in total. The molecule has 3 N–H and O–H groups in total. The van der Waals surface area contributed by atoms with Gasteiger partial charge in [0.15, 0.2) is 0 Å². The van der Waals surface area contributed by atoms with E-state index < -0.39 is 17.5 Å². The molecule has 0 saturated heterocycles. The van der Waals surface area contributed by atoms with Crippen LogP contribution in [0.15, 0.2) is 48.5 Å². The highest BCUT2D eigenvalue weighted by molar-refractivity contribution is 5.79. The summed E-state index contributed by atoms with van der Waals surface area (Å²) in [5.41, 5.74) is 3.68. The minimum absolute atomic E-state index is 0.0113. The van der Waals surface area contributed by atoms with E-state index in [-0.39, 0.29) is 37.4 Å². The first-order valence-corrected chi connectivity index (χ1v) is 11.3. The maximum Gasteiger partial charge on any atom is 0.407 e. The van der Waals surface area contributed by atoms with E-state index in [0.717, 1.165) is 11.1 Å². The number of alkyl carbamates (subject to hydrolysis) is 1. The Bertz CT molecular complexity index is 972. The number of benzene rings is 2. The van der Waals surface area contributed by atoms with Crippen LogP contribution in [0.25, 0.3) is 11.1 Å². The van der Waals surface area contributed by atoms with Crippen molar-refractivity contribution in [2.24, 2.45) is 5.41 Å². The Morgan fingerprint density at radius 1 is 1.03 bits per heavy atom. The van der Waals surface area contributed by atoms with Crippen LogP contribution < -0.4 is 10.6 Å². The molecule has 3 rings (SSSR count). The van der Waals surface area contributed by atoms with E-state index in [2.05, 4.69) is 34.9 Å². The monoisotopic (exact) mass is 452 g/mol. The first-order chi connectivity index (χ1) is 15.7. The third-order valence-electron chi connectivity index (χ3n) is 6.06. The molecule has 0 saturated carbocycles. The second-order valence-electron chi connectivity index (χ2n) is 9.23. The largest absolute Gasteiger partial charge is 0.481 e. The van der Waals surface area contributed by atoms with Crippen molar-refractivity contribution in [2.45, 2.75) is 52.0 Å². The molecular weight excluding hydrogens is 420 g/mol. The Hall–Kier alpha value is -3.35. The standard InChI is InChI=1S/C26H32N2O5/c1-17(9-8-14-23(29)27-16-26(2,3)24(30)31)28-25(32)33-15-22-20-12-6-4-10-18(20)19-11-5-7-13-21(19)22/h4-7,10-13,17,22H,8-9,14-16H2,1-3H3,(H,27,29)(H,28,32)(H,30,31). The Kier molecular flexibility index (Phi) is 7.74. The molecule has 0 fully saturated rings. The number of rotatable bonds is 10. The van der Waals surface area contributed by atoms with Gasteiger partial charge in [0.25, 0.3) is 0 Å². The summed E-state index contributed by atoms with van der Waals surface area (Å²) in [6.07, 6.45) is 0.980. The van der Waals surface area contributed by atoms with Crippen LogP contribution in [0.3, 0.4) is 0 Å². The van der Waals surface area contributed by atoms with Crippen LogP contribution in [-0.2, 0) is 14.3 Å². The molecule has 0 spiro atoms. The second-order valence-corrected chi connectivity index (χ2v) is 9.23. The van der Waals surface area contributed by atoms with Gasteiger partial charge in [-0.05, 0) is 55.9 Å². The zero-order chi connectivity index (χ0) is 24.0. The Morgan fingerprint density at radius 3 is 2.18 bits per heavy atom. The van der Waals surface area contributed by atoms with Crippen molar-refractivity contribution in [3.05, 3.63) is 59.7 Å². The lowest BCUT2D eigenvalue weighted by molar-refractivity contribution is -0.146. The van der Waals surface area contributed by atoms with Gasteiger partial charge in [-0.25, -0.2) is 4.79 Å². The smallest absolute Gasteiger partial charge is 0.407 e. The number of hydrogen-bond donors (Lipinski definition) is 3. The number of amides is 2.